The Balaban J connectivity index is 2.04. The van der Waals surface area contributed by atoms with Crippen molar-refractivity contribution in [2.45, 2.75) is 194 Å². The van der Waals surface area contributed by atoms with Crippen LogP contribution in [0, 0.1) is 17.8 Å². The first-order valence-corrected chi connectivity index (χ1v) is 21.5. The lowest BCUT2D eigenvalue weighted by atomic mass is 9.79. The van der Waals surface area contributed by atoms with Gasteiger partial charge in [-0.25, -0.2) is 0 Å². The van der Waals surface area contributed by atoms with Gasteiger partial charge >= 0.3 is 11.9 Å². The Labute approximate surface area is 308 Å². The quantitative estimate of drug-likeness (QED) is 0.116. The van der Waals surface area contributed by atoms with Crippen LogP contribution in [0.1, 0.15) is 194 Å². The van der Waals surface area contributed by atoms with Gasteiger partial charge in [-0.05, 0) is 107 Å². The van der Waals surface area contributed by atoms with Gasteiger partial charge in [-0.1, -0.05) is 141 Å². The first kappa shape index (κ1) is 44.1. The lowest BCUT2D eigenvalue weighted by molar-refractivity contribution is -0.145. The van der Waals surface area contributed by atoms with Gasteiger partial charge in [-0.3, -0.25) is 9.59 Å². The second-order valence-corrected chi connectivity index (χ2v) is 15.5. The fraction of sp³-hybridized carbons (Fsp3) is 0.844. The third-order valence-electron chi connectivity index (χ3n) is 11.1. The molecule has 2 heterocycles. The number of esters is 2. The Morgan fingerprint density at radius 2 is 1.10 bits per heavy atom. The van der Waals surface area contributed by atoms with Gasteiger partial charge in [0.2, 0.25) is 0 Å². The maximum absolute atomic E-state index is 13.2. The van der Waals surface area contributed by atoms with E-state index >= 15 is 0 Å². The number of allylic oxidation sites excluding steroid dienone is 1. The molecule has 5 heteroatoms. The molecule has 0 bridgehead atoms. The SMILES string of the molecule is C=C=C=C=C1C(CCCCC)CC(=O)OCCCCCCCCC(CCCN2CCCC2)CCCCCCCCOC(=O)CC1CCCCC. The second kappa shape index (κ2) is 30.6. The average Bonchev–Trinajstić information content (AvgIpc) is 3.63. The van der Waals surface area contributed by atoms with Gasteiger partial charge in [0.15, 0.2) is 0 Å². The van der Waals surface area contributed by atoms with Crippen molar-refractivity contribution in [1.82, 2.24) is 4.90 Å². The molecule has 50 heavy (non-hydrogen) atoms. The molecular formula is C45H77NO4. The molecule has 0 saturated carbocycles. The Morgan fingerprint density at radius 3 is 1.58 bits per heavy atom. The topological polar surface area (TPSA) is 55.8 Å². The van der Waals surface area contributed by atoms with Gasteiger partial charge in [0, 0.05) is 0 Å². The molecule has 2 aliphatic rings. The monoisotopic (exact) mass is 696 g/mol. The Bertz CT molecular complexity index is 945. The molecule has 0 aliphatic carbocycles. The summed E-state index contributed by atoms with van der Waals surface area (Å²) in [7, 11) is 0. The fourth-order valence-corrected chi connectivity index (χ4v) is 8.09. The molecule has 5 nitrogen and oxygen atoms in total. The number of nitrogens with zero attached hydrogens (tertiary/aromatic N) is 1. The molecule has 2 rings (SSSR count). The number of likely N-dealkylation sites (tertiary alicyclic amines) is 1. The number of carbonyl (C=O) groups is 2. The van der Waals surface area contributed by atoms with E-state index in [0.29, 0.717) is 26.1 Å². The summed E-state index contributed by atoms with van der Waals surface area (Å²) in [5.41, 5.74) is 10.0. The van der Waals surface area contributed by atoms with Gasteiger partial charge in [-0.15, -0.1) is 0 Å². The Kier molecular flexibility index (Phi) is 27.0. The molecule has 0 spiro atoms. The van der Waals surface area contributed by atoms with E-state index in [1.165, 1.54) is 110 Å². The van der Waals surface area contributed by atoms with Gasteiger partial charge < -0.3 is 14.4 Å². The van der Waals surface area contributed by atoms with E-state index in [1.807, 2.05) is 0 Å². The highest BCUT2D eigenvalue weighted by atomic mass is 16.5. The van der Waals surface area contributed by atoms with Crippen LogP contribution in [-0.4, -0.2) is 49.7 Å². The highest BCUT2D eigenvalue weighted by Crippen LogP contribution is 2.34. The van der Waals surface area contributed by atoms with Crippen molar-refractivity contribution in [3.05, 3.63) is 29.3 Å². The van der Waals surface area contributed by atoms with Gasteiger partial charge in [-0.2, -0.15) is 0 Å². The number of ether oxygens (including phenoxy) is 2. The van der Waals surface area contributed by atoms with E-state index < -0.39 is 0 Å². The number of hydrogen-bond acceptors (Lipinski definition) is 5. The second-order valence-electron chi connectivity index (χ2n) is 15.5. The summed E-state index contributed by atoms with van der Waals surface area (Å²) in [5, 5.41) is 0. The van der Waals surface area contributed by atoms with E-state index in [-0.39, 0.29) is 23.8 Å². The van der Waals surface area contributed by atoms with Crippen molar-refractivity contribution in [3.8, 4) is 0 Å². The van der Waals surface area contributed by atoms with Gasteiger partial charge in [0.05, 0.1) is 26.1 Å². The number of hydrogen-bond donors (Lipinski definition) is 0. The Morgan fingerprint density at radius 1 is 0.620 bits per heavy atom. The van der Waals surface area contributed by atoms with Gasteiger partial charge in [0.1, 0.15) is 0 Å². The lowest BCUT2D eigenvalue weighted by Gasteiger charge is -2.25. The van der Waals surface area contributed by atoms with Crippen LogP contribution in [0.25, 0.3) is 0 Å². The minimum Gasteiger partial charge on any atom is -0.466 e. The third kappa shape index (κ3) is 22.0. The fourth-order valence-electron chi connectivity index (χ4n) is 8.09. The van der Waals surface area contributed by atoms with Crippen LogP contribution < -0.4 is 0 Å². The lowest BCUT2D eigenvalue weighted by Crippen LogP contribution is -2.22. The zero-order chi connectivity index (χ0) is 35.9. The van der Waals surface area contributed by atoms with Crippen molar-refractivity contribution in [2.75, 3.05) is 32.8 Å². The molecular weight excluding hydrogens is 618 g/mol. The maximum atomic E-state index is 13.2. The van der Waals surface area contributed by atoms with Crippen LogP contribution in [0.3, 0.4) is 0 Å². The largest absolute Gasteiger partial charge is 0.466 e. The van der Waals surface area contributed by atoms with Crippen LogP contribution in [0.5, 0.6) is 0 Å². The number of rotatable bonds is 12. The molecule has 0 aromatic heterocycles. The van der Waals surface area contributed by atoms with E-state index in [0.717, 1.165) is 88.5 Å². The predicted octanol–water partition coefficient (Wildman–Crippen LogP) is 12.2. The van der Waals surface area contributed by atoms with E-state index in [2.05, 4.69) is 42.5 Å². The van der Waals surface area contributed by atoms with E-state index in [1.54, 1.807) is 0 Å². The van der Waals surface area contributed by atoms with Crippen molar-refractivity contribution in [2.24, 2.45) is 17.8 Å². The molecule has 2 unspecified atom stereocenters. The summed E-state index contributed by atoms with van der Waals surface area (Å²) in [6.07, 6.45) is 31.7. The summed E-state index contributed by atoms with van der Waals surface area (Å²) in [6, 6.07) is 0. The van der Waals surface area contributed by atoms with Crippen LogP contribution in [0.15, 0.2) is 29.3 Å². The highest BCUT2D eigenvalue weighted by Gasteiger charge is 2.28. The molecule has 286 valence electrons. The first-order valence-electron chi connectivity index (χ1n) is 21.5. The highest BCUT2D eigenvalue weighted by molar-refractivity contribution is 5.71. The zero-order valence-corrected chi connectivity index (χ0v) is 32.9. The summed E-state index contributed by atoms with van der Waals surface area (Å²) in [5.74, 6) is 0.542. The summed E-state index contributed by atoms with van der Waals surface area (Å²) >= 11 is 0. The average molecular weight is 696 g/mol. The minimum absolute atomic E-state index is 0.0306. The third-order valence-corrected chi connectivity index (χ3v) is 11.1. The summed E-state index contributed by atoms with van der Waals surface area (Å²) < 4.78 is 11.6. The number of carbonyl (C=O) groups excluding carboxylic acids is 2. The van der Waals surface area contributed by atoms with Crippen LogP contribution in [0.2, 0.25) is 0 Å². The van der Waals surface area contributed by atoms with E-state index in [4.69, 9.17) is 9.47 Å². The normalized spacial score (nSPS) is 24.0. The summed E-state index contributed by atoms with van der Waals surface area (Å²) in [4.78, 5) is 29.1. The number of unbranched alkanes of at least 4 members (excludes halogenated alkanes) is 4. The number of cyclic esters (lactones) is 2. The molecule has 2 saturated heterocycles. The molecule has 0 aromatic rings. The molecule has 2 fully saturated rings. The van der Waals surface area contributed by atoms with Crippen LogP contribution in [0.4, 0.5) is 0 Å². The molecule has 2 atom stereocenters. The smallest absolute Gasteiger partial charge is 0.306 e. The zero-order valence-electron chi connectivity index (χ0n) is 32.9. The maximum Gasteiger partial charge on any atom is 0.306 e. The first-order chi connectivity index (χ1) is 24.6. The van der Waals surface area contributed by atoms with Crippen LogP contribution in [-0.2, 0) is 19.1 Å². The minimum atomic E-state index is -0.138. The van der Waals surface area contributed by atoms with Gasteiger partial charge in [0.25, 0.3) is 0 Å². The van der Waals surface area contributed by atoms with Crippen molar-refractivity contribution in [1.29, 1.82) is 0 Å². The molecule has 0 radical (unpaired) electrons. The van der Waals surface area contributed by atoms with Crippen molar-refractivity contribution >= 4 is 11.9 Å². The van der Waals surface area contributed by atoms with Crippen LogP contribution >= 0.6 is 0 Å². The summed E-state index contributed by atoms with van der Waals surface area (Å²) in [6.45, 7) is 13.0. The molecule has 2 aliphatic heterocycles. The Hall–Kier alpha value is -2.02. The van der Waals surface area contributed by atoms with Crippen molar-refractivity contribution in [3.63, 3.8) is 0 Å². The molecule has 0 aromatic carbocycles. The standard InChI is InChI=1S/C45H77NO4/c1-4-7-18-30-41-38-44(47)49-36-24-16-12-10-14-20-27-40(29-26-35-46-33-22-23-34-46)28-21-15-11-13-17-25-37-50-45(48)39-42(31-19-8-5-2)43(41)32-9-6-3/h40-42H,3-5,7-8,10-31,33-39H2,1-2H3. The predicted molar refractivity (Wildman–Crippen MR) is 209 cm³/mol. The van der Waals surface area contributed by atoms with E-state index in [9.17, 15) is 9.59 Å². The molecule has 0 amide bonds. The molecule has 0 N–H and O–H groups in total. The van der Waals surface area contributed by atoms with Crippen molar-refractivity contribution < 1.29 is 19.1 Å².